The molecule has 0 unspecified atom stereocenters. The van der Waals surface area contributed by atoms with Crippen molar-refractivity contribution in [3.63, 3.8) is 0 Å². The van der Waals surface area contributed by atoms with Crippen LogP contribution in [0.1, 0.15) is 18.1 Å². The number of benzene rings is 4. The van der Waals surface area contributed by atoms with Crippen LogP contribution in [0.15, 0.2) is 69.7 Å². The summed E-state index contributed by atoms with van der Waals surface area (Å²) in [7, 11) is 0. The average Bonchev–Trinajstić information content (AvgIpc) is 3.18. The Morgan fingerprint density at radius 2 is 1.59 bits per heavy atom. The van der Waals surface area contributed by atoms with Crippen LogP contribution in [0.5, 0.6) is 5.75 Å². The standard InChI is InChI=1S/C28H15BrF5IN2O2/c1-13-18(28(38)37(36-13)26-24(33)22(31)21(30)23(32)25(26)34)9-14-10-19(29)27(20(35)11-14)39-12-16-7-4-6-15-5-2-3-8-17(15)16/h2-11H,12H2,1H3/b18-9+. The summed E-state index contributed by atoms with van der Waals surface area (Å²) in [6.07, 6.45) is 1.41. The van der Waals surface area contributed by atoms with Gasteiger partial charge in [-0.2, -0.15) is 10.1 Å². The van der Waals surface area contributed by atoms with E-state index in [-0.39, 0.29) is 16.3 Å². The Balaban J connectivity index is 1.43. The molecule has 0 aliphatic carbocycles. The number of anilines is 1. The summed E-state index contributed by atoms with van der Waals surface area (Å²) in [5, 5.41) is 6.10. The normalized spacial score (nSPS) is 14.5. The maximum atomic E-state index is 14.3. The van der Waals surface area contributed by atoms with E-state index in [1.807, 2.05) is 42.5 Å². The molecule has 0 bridgehead atoms. The minimum Gasteiger partial charge on any atom is -0.487 e. The molecule has 1 heterocycles. The summed E-state index contributed by atoms with van der Waals surface area (Å²) in [5.41, 5.74) is 0.0315. The lowest BCUT2D eigenvalue weighted by atomic mass is 10.1. The monoisotopic (exact) mass is 712 g/mol. The van der Waals surface area contributed by atoms with Gasteiger partial charge in [0.1, 0.15) is 18.0 Å². The van der Waals surface area contributed by atoms with Gasteiger partial charge in [0.15, 0.2) is 23.3 Å². The van der Waals surface area contributed by atoms with Crippen LogP contribution in [-0.4, -0.2) is 11.6 Å². The van der Waals surface area contributed by atoms with Gasteiger partial charge in [-0.1, -0.05) is 42.5 Å². The molecule has 0 aromatic heterocycles. The molecule has 1 amide bonds. The summed E-state index contributed by atoms with van der Waals surface area (Å²) >= 11 is 5.56. The van der Waals surface area contributed by atoms with Gasteiger partial charge < -0.3 is 4.74 Å². The van der Waals surface area contributed by atoms with Crippen LogP contribution in [0.2, 0.25) is 0 Å². The van der Waals surface area contributed by atoms with Crippen molar-refractivity contribution in [3.05, 3.63) is 108 Å². The van der Waals surface area contributed by atoms with Gasteiger partial charge in [-0.3, -0.25) is 4.79 Å². The summed E-state index contributed by atoms with van der Waals surface area (Å²) in [5.74, 6) is -11.4. The van der Waals surface area contributed by atoms with Gasteiger partial charge in [-0.15, -0.1) is 0 Å². The van der Waals surface area contributed by atoms with Crippen molar-refractivity contribution in [1.29, 1.82) is 0 Å². The number of carbonyl (C=O) groups is 1. The number of halogens is 7. The van der Waals surface area contributed by atoms with Gasteiger partial charge in [-0.25, -0.2) is 22.0 Å². The molecule has 0 fully saturated rings. The van der Waals surface area contributed by atoms with Crippen molar-refractivity contribution in [2.75, 3.05) is 5.01 Å². The minimum absolute atomic E-state index is 0.0337. The summed E-state index contributed by atoms with van der Waals surface area (Å²) < 4.78 is 76.9. The molecule has 0 saturated carbocycles. The molecule has 4 aromatic rings. The van der Waals surface area contributed by atoms with Crippen LogP contribution >= 0.6 is 38.5 Å². The second-order valence-corrected chi connectivity index (χ2v) is 10.5. The van der Waals surface area contributed by atoms with Crippen molar-refractivity contribution in [2.45, 2.75) is 13.5 Å². The van der Waals surface area contributed by atoms with Crippen molar-refractivity contribution in [3.8, 4) is 5.75 Å². The van der Waals surface area contributed by atoms with E-state index in [9.17, 15) is 26.7 Å². The number of amides is 1. The minimum atomic E-state index is -2.32. The third-order valence-corrected chi connectivity index (χ3v) is 7.43. The van der Waals surface area contributed by atoms with Gasteiger partial charge in [0.05, 0.1) is 19.3 Å². The van der Waals surface area contributed by atoms with Crippen molar-refractivity contribution in [1.82, 2.24) is 0 Å². The number of hydrogen-bond donors (Lipinski definition) is 0. The number of hydrogen-bond acceptors (Lipinski definition) is 3. The number of carbonyl (C=O) groups excluding carboxylic acids is 1. The molecule has 5 rings (SSSR count). The fourth-order valence-electron chi connectivity index (χ4n) is 4.15. The van der Waals surface area contributed by atoms with Gasteiger partial charge in [0.2, 0.25) is 5.82 Å². The second-order valence-electron chi connectivity index (χ2n) is 8.52. The molecule has 4 nitrogen and oxygen atoms in total. The first kappa shape index (κ1) is 27.3. The molecule has 0 atom stereocenters. The highest BCUT2D eigenvalue weighted by Gasteiger charge is 2.37. The lowest BCUT2D eigenvalue weighted by Gasteiger charge is -2.15. The van der Waals surface area contributed by atoms with Gasteiger partial charge in [0.25, 0.3) is 5.91 Å². The molecular formula is C28H15BrF5IN2O2. The summed E-state index contributed by atoms with van der Waals surface area (Å²) in [6, 6.07) is 17.3. The molecule has 11 heteroatoms. The quantitative estimate of drug-likeness (QED) is 0.0688. The molecule has 39 heavy (non-hydrogen) atoms. The number of rotatable bonds is 5. The molecule has 198 valence electrons. The Morgan fingerprint density at radius 1 is 0.949 bits per heavy atom. The first-order valence-electron chi connectivity index (χ1n) is 11.3. The van der Waals surface area contributed by atoms with E-state index in [4.69, 9.17) is 4.74 Å². The first-order chi connectivity index (χ1) is 18.6. The molecular weight excluding hydrogens is 698 g/mol. The Kier molecular flexibility index (Phi) is 7.47. The van der Waals surface area contributed by atoms with Crippen LogP contribution in [0.3, 0.4) is 0 Å². The van der Waals surface area contributed by atoms with Gasteiger partial charge in [0, 0.05) is 0 Å². The lowest BCUT2D eigenvalue weighted by Crippen LogP contribution is -2.25. The van der Waals surface area contributed by atoms with Gasteiger partial charge in [-0.05, 0) is 85.6 Å². The van der Waals surface area contributed by atoms with E-state index in [0.717, 1.165) is 16.3 Å². The van der Waals surface area contributed by atoms with Crippen LogP contribution in [0, 0.1) is 32.7 Å². The number of fused-ring (bicyclic) bond motifs is 1. The van der Waals surface area contributed by atoms with Crippen LogP contribution in [0.25, 0.3) is 16.8 Å². The predicted octanol–water partition coefficient (Wildman–Crippen LogP) is 8.29. The van der Waals surface area contributed by atoms with E-state index in [0.29, 0.717) is 26.0 Å². The highest BCUT2D eigenvalue weighted by molar-refractivity contribution is 14.1. The van der Waals surface area contributed by atoms with E-state index in [2.05, 4.69) is 43.6 Å². The smallest absolute Gasteiger partial charge is 0.280 e. The number of hydrazone groups is 1. The maximum absolute atomic E-state index is 14.3. The van der Waals surface area contributed by atoms with E-state index >= 15 is 0 Å². The molecule has 0 N–H and O–H groups in total. The second kappa shape index (κ2) is 10.7. The largest absolute Gasteiger partial charge is 0.487 e. The first-order valence-corrected chi connectivity index (χ1v) is 13.2. The van der Waals surface area contributed by atoms with Crippen molar-refractivity contribution in [2.24, 2.45) is 5.10 Å². The third kappa shape index (κ3) is 4.93. The molecule has 1 aliphatic rings. The zero-order valence-corrected chi connectivity index (χ0v) is 23.6. The van der Waals surface area contributed by atoms with E-state index in [1.165, 1.54) is 13.0 Å². The van der Waals surface area contributed by atoms with Crippen LogP contribution in [0.4, 0.5) is 27.6 Å². The van der Waals surface area contributed by atoms with E-state index in [1.54, 1.807) is 12.1 Å². The number of nitrogens with zero attached hydrogens (tertiary/aromatic N) is 2. The van der Waals surface area contributed by atoms with Crippen LogP contribution in [-0.2, 0) is 11.4 Å². The molecule has 0 spiro atoms. The Labute approximate surface area is 241 Å². The highest BCUT2D eigenvalue weighted by atomic mass is 127. The average molecular weight is 713 g/mol. The summed E-state index contributed by atoms with van der Waals surface area (Å²) in [6.45, 7) is 1.69. The SMILES string of the molecule is CC1=NN(c2c(F)c(F)c(F)c(F)c2F)C(=O)/C1=C/c1cc(Br)c(OCc2cccc3ccccc23)c(I)c1. The zero-order valence-electron chi connectivity index (χ0n) is 19.8. The van der Waals surface area contributed by atoms with Crippen molar-refractivity contribution < 1.29 is 31.5 Å². The van der Waals surface area contributed by atoms with Crippen molar-refractivity contribution >= 4 is 72.7 Å². The third-order valence-electron chi connectivity index (χ3n) is 6.04. The van der Waals surface area contributed by atoms with E-state index < -0.39 is 40.7 Å². The molecule has 0 saturated heterocycles. The highest BCUT2D eigenvalue weighted by Crippen LogP contribution is 2.36. The fraction of sp³-hybridized carbons (Fsp3) is 0.0714. The maximum Gasteiger partial charge on any atom is 0.280 e. The molecule has 1 aliphatic heterocycles. The fourth-order valence-corrected chi connectivity index (χ4v) is 5.92. The lowest BCUT2D eigenvalue weighted by molar-refractivity contribution is -0.114. The Morgan fingerprint density at radius 3 is 2.28 bits per heavy atom. The predicted molar refractivity (Wildman–Crippen MR) is 150 cm³/mol. The Hall–Kier alpha value is -3.32. The summed E-state index contributed by atoms with van der Waals surface area (Å²) in [4.78, 5) is 13.0. The van der Waals surface area contributed by atoms with Crippen LogP contribution < -0.4 is 9.75 Å². The Bertz CT molecular complexity index is 1680. The molecule has 0 radical (unpaired) electrons. The van der Waals surface area contributed by atoms with Gasteiger partial charge >= 0.3 is 0 Å². The topological polar surface area (TPSA) is 41.9 Å². The number of ether oxygens (including phenoxy) is 1. The zero-order chi connectivity index (χ0) is 28.0. The molecule has 4 aromatic carbocycles.